The second-order valence-corrected chi connectivity index (χ2v) is 10.1. The van der Waals surface area contributed by atoms with Crippen molar-refractivity contribution >= 4 is 38.9 Å². The fourth-order valence-electron chi connectivity index (χ4n) is 3.83. The maximum Gasteiger partial charge on any atom is 0.261 e. The average Bonchev–Trinajstić information content (AvgIpc) is 3.19. The van der Waals surface area contributed by atoms with Crippen LogP contribution in [0.1, 0.15) is 43.7 Å². The zero-order valence-corrected chi connectivity index (χ0v) is 20.4. The van der Waals surface area contributed by atoms with Gasteiger partial charge in [0.05, 0.1) is 21.6 Å². The minimum absolute atomic E-state index is 0.221. The molecule has 1 heterocycles. The second-order valence-electron chi connectivity index (χ2n) is 8.38. The molecule has 0 aliphatic heterocycles. The Labute approximate surface area is 201 Å². The topological polar surface area (TPSA) is 76.3 Å². The fourth-order valence-corrected chi connectivity index (χ4v) is 4.92. The molecule has 7 heteroatoms. The van der Waals surface area contributed by atoms with Crippen LogP contribution in [-0.4, -0.2) is 24.2 Å². The van der Waals surface area contributed by atoms with Gasteiger partial charge < -0.3 is 4.57 Å². The van der Waals surface area contributed by atoms with Crippen molar-refractivity contribution in [3.8, 4) is 0 Å². The molecular formula is C27H30N4O2S. The van der Waals surface area contributed by atoms with Crippen molar-refractivity contribution in [3.05, 3.63) is 83.9 Å². The van der Waals surface area contributed by atoms with Crippen molar-refractivity contribution in [1.29, 1.82) is 0 Å². The van der Waals surface area contributed by atoms with E-state index in [1.165, 1.54) is 12.8 Å². The number of para-hydroxylation sites is 3. The molecule has 0 fully saturated rings. The number of nitrogens with zero attached hydrogens (tertiary/aromatic N) is 3. The summed E-state index contributed by atoms with van der Waals surface area (Å²) in [6.07, 6.45) is 6.29. The van der Waals surface area contributed by atoms with E-state index in [9.17, 15) is 8.42 Å². The van der Waals surface area contributed by atoms with Crippen LogP contribution in [0.5, 0.6) is 0 Å². The monoisotopic (exact) mass is 474 g/mol. The number of anilines is 1. The lowest BCUT2D eigenvalue weighted by atomic mass is 10.2. The third-order valence-corrected chi connectivity index (χ3v) is 7.11. The molecule has 1 N–H and O–H groups in total. The highest BCUT2D eigenvalue weighted by Crippen LogP contribution is 2.24. The molecular weight excluding hydrogens is 444 g/mol. The summed E-state index contributed by atoms with van der Waals surface area (Å²) in [6.45, 7) is 4.97. The van der Waals surface area contributed by atoms with Gasteiger partial charge in [-0.2, -0.15) is 0 Å². The van der Waals surface area contributed by atoms with Gasteiger partial charge in [0.25, 0.3) is 10.0 Å². The highest BCUT2D eigenvalue weighted by Gasteiger charge is 2.15. The molecule has 0 unspecified atom stereocenters. The van der Waals surface area contributed by atoms with Crippen LogP contribution in [-0.2, 0) is 16.6 Å². The van der Waals surface area contributed by atoms with E-state index < -0.39 is 10.0 Å². The molecule has 0 saturated heterocycles. The molecule has 3 aromatic carbocycles. The van der Waals surface area contributed by atoms with Crippen molar-refractivity contribution in [1.82, 2.24) is 9.55 Å². The van der Waals surface area contributed by atoms with Gasteiger partial charge in [0.1, 0.15) is 0 Å². The molecule has 0 amide bonds. The summed E-state index contributed by atoms with van der Waals surface area (Å²) in [4.78, 5) is 9.61. The Morgan fingerprint density at radius 3 is 2.47 bits per heavy atom. The lowest BCUT2D eigenvalue weighted by molar-refractivity contribution is 0.593. The minimum Gasteiger partial charge on any atom is -0.308 e. The number of aryl methyl sites for hydroxylation is 2. The standard InChI is InChI=1S/C27H30N4O2S/c1-3-4-5-10-19-31-26-14-9-8-13-25(26)29-27(31)28-20-22-11-6-7-12-24(22)30-34(32,33)23-17-15-21(2)16-18-23/h6-9,11-18,20,30H,3-5,10,19H2,1-2H3. The summed E-state index contributed by atoms with van der Waals surface area (Å²) in [7, 11) is -3.71. The van der Waals surface area contributed by atoms with Gasteiger partial charge in [-0.1, -0.05) is 74.2 Å². The largest absolute Gasteiger partial charge is 0.308 e. The number of imidazole rings is 1. The first kappa shape index (κ1) is 23.7. The van der Waals surface area contributed by atoms with Gasteiger partial charge in [-0.3, -0.25) is 4.72 Å². The van der Waals surface area contributed by atoms with Gasteiger partial charge in [0.2, 0.25) is 5.95 Å². The van der Waals surface area contributed by atoms with Gasteiger partial charge in [-0.05, 0) is 43.7 Å². The molecule has 0 aliphatic rings. The van der Waals surface area contributed by atoms with E-state index in [1.807, 2.05) is 37.3 Å². The van der Waals surface area contributed by atoms with Crippen LogP contribution in [0, 0.1) is 6.92 Å². The Bertz CT molecular complexity index is 1390. The number of hydrogen-bond donors (Lipinski definition) is 1. The predicted molar refractivity (Wildman–Crippen MR) is 140 cm³/mol. The molecule has 0 atom stereocenters. The van der Waals surface area contributed by atoms with E-state index in [0.29, 0.717) is 17.2 Å². The van der Waals surface area contributed by atoms with E-state index in [-0.39, 0.29) is 4.90 Å². The zero-order valence-electron chi connectivity index (χ0n) is 19.6. The van der Waals surface area contributed by atoms with Gasteiger partial charge >= 0.3 is 0 Å². The molecule has 0 spiro atoms. The molecule has 0 aliphatic carbocycles. The molecule has 0 bridgehead atoms. The Balaban J connectivity index is 1.62. The van der Waals surface area contributed by atoms with E-state index >= 15 is 0 Å². The van der Waals surface area contributed by atoms with Crippen LogP contribution < -0.4 is 4.72 Å². The number of aliphatic imine (C=N–C) groups is 1. The number of unbranched alkanes of at least 4 members (excludes halogenated alkanes) is 3. The molecule has 34 heavy (non-hydrogen) atoms. The van der Waals surface area contributed by atoms with Crippen molar-refractivity contribution in [2.24, 2.45) is 4.99 Å². The average molecular weight is 475 g/mol. The third-order valence-electron chi connectivity index (χ3n) is 5.73. The molecule has 6 nitrogen and oxygen atoms in total. The Morgan fingerprint density at radius 2 is 1.68 bits per heavy atom. The molecule has 4 aromatic rings. The van der Waals surface area contributed by atoms with E-state index in [2.05, 4.69) is 27.3 Å². The van der Waals surface area contributed by atoms with Gasteiger partial charge in [0.15, 0.2) is 0 Å². The van der Waals surface area contributed by atoms with Crippen LogP contribution in [0.2, 0.25) is 0 Å². The third kappa shape index (κ3) is 5.54. The first-order chi connectivity index (χ1) is 16.5. The zero-order chi connectivity index (χ0) is 24.0. The number of aromatic nitrogens is 2. The van der Waals surface area contributed by atoms with E-state index in [1.54, 1.807) is 42.6 Å². The molecule has 1 aromatic heterocycles. The first-order valence-electron chi connectivity index (χ1n) is 11.7. The summed E-state index contributed by atoms with van der Waals surface area (Å²) in [5.74, 6) is 0.619. The Kier molecular flexibility index (Phi) is 7.43. The smallest absolute Gasteiger partial charge is 0.261 e. The van der Waals surface area contributed by atoms with Crippen molar-refractivity contribution in [2.45, 2.75) is 51.0 Å². The number of rotatable bonds is 10. The van der Waals surface area contributed by atoms with Gasteiger partial charge in [0, 0.05) is 18.3 Å². The highest BCUT2D eigenvalue weighted by atomic mass is 32.2. The second kappa shape index (κ2) is 10.7. The lowest BCUT2D eigenvalue weighted by Crippen LogP contribution is -2.14. The van der Waals surface area contributed by atoms with E-state index in [4.69, 9.17) is 4.98 Å². The van der Waals surface area contributed by atoms with Crippen LogP contribution in [0.3, 0.4) is 0 Å². The van der Waals surface area contributed by atoms with Crippen molar-refractivity contribution < 1.29 is 8.42 Å². The van der Waals surface area contributed by atoms with Crippen LogP contribution in [0.25, 0.3) is 11.0 Å². The van der Waals surface area contributed by atoms with Gasteiger partial charge in [-0.15, -0.1) is 0 Å². The highest BCUT2D eigenvalue weighted by molar-refractivity contribution is 7.92. The van der Waals surface area contributed by atoms with Gasteiger partial charge in [-0.25, -0.2) is 18.4 Å². The number of fused-ring (bicyclic) bond motifs is 1. The summed E-state index contributed by atoms with van der Waals surface area (Å²) >= 11 is 0. The number of hydrogen-bond acceptors (Lipinski definition) is 4. The number of benzene rings is 3. The molecule has 0 radical (unpaired) electrons. The molecule has 176 valence electrons. The maximum atomic E-state index is 12.9. The normalized spacial score (nSPS) is 11.9. The maximum absolute atomic E-state index is 12.9. The summed E-state index contributed by atoms with van der Waals surface area (Å²) in [5, 5.41) is 0. The molecule has 0 saturated carbocycles. The van der Waals surface area contributed by atoms with Crippen LogP contribution in [0.15, 0.2) is 82.7 Å². The minimum atomic E-state index is -3.71. The van der Waals surface area contributed by atoms with Crippen molar-refractivity contribution in [2.75, 3.05) is 4.72 Å². The van der Waals surface area contributed by atoms with Crippen molar-refractivity contribution in [3.63, 3.8) is 0 Å². The van der Waals surface area contributed by atoms with Crippen LogP contribution >= 0.6 is 0 Å². The number of sulfonamides is 1. The fraction of sp³-hybridized carbons (Fsp3) is 0.259. The van der Waals surface area contributed by atoms with E-state index in [0.717, 1.165) is 36.0 Å². The lowest BCUT2D eigenvalue weighted by Gasteiger charge is -2.11. The SMILES string of the molecule is CCCCCCn1c(N=Cc2ccccc2NS(=O)(=O)c2ccc(C)cc2)nc2ccccc21. The summed E-state index contributed by atoms with van der Waals surface area (Å²) in [5.41, 5.74) is 4.10. The summed E-state index contributed by atoms with van der Waals surface area (Å²) < 4.78 is 30.7. The van der Waals surface area contributed by atoms with Crippen LogP contribution in [0.4, 0.5) is 11.6 Å². The number of nitrogens with one attached hydrogen (secondary N) is 1. The molecule has 4 rings (SSSR count). The predicted octanol–water partition coefficient (Wildman–Crippen LogP) is 6.48. The quantitative estimate of drug-likeness (QED) is 0.211. The Morgan fingerprint density at radius 1 is 0.941 bits per heavy atom. The first-order valence-corrected chi connectivity index (χ1v) is 13.1. The summed E-state index contributed by atoms with van der Waals surface area (Å²) in [6, 6.07) is 22.0. The Hall–Kier alpha value is -3.45.